The maximum absolute atomic E-state index is 10.9. The first-order valence-electron chi connectivity index (χ1n) is 9.71. The highest BCUT2D eigenvalue weighted by Crippen LogP contribution is 2.30. The van der Waals surface area contributed by atoms with Crippen LogP contribution in [0, 0.1) is 0 Å². The normalized spacial score (nSPS) is 10.7. The number of benzene rings is 1. The molecule has 0 atom stereocenters. The third kappa shape index (κ3) is 5.09. The average Bonchev–Trinajstić information content (AvgIpc) is 3.19. The van der Waals surface area contributed by atoms with Crippen LogP contribution in [0.25, 0.3) is 10.7 Å². The summed E-state index contributed by atoms with van der Waals surface area (Å²) < 4.78 is 0. The van der Waals surface area contributed by atoms with Crippen LogP contribution in [0.15, 0.2) is 49.1 Å². The number of carboxylic acids is 1. The van der Waals surface area contributed by atoms with Crippen LogP contribution in [0.2, 0.25) is 0 Å². The van der Waals surface area contributed by atoms with Gasteiger partial charge in [-0.05, 0) is 49.1 Å². The van der Waals surface area contributed by atoms with E-state index in [1.807, 2.05) is 30.3 Å². The van der Waals surface area contributed by atoms with Gasteiger partial charge in [0.2, 0.25) is 0 Å². The number of aromatic nitrogens is 2. The van der Waals surface area contributed by atoms with Crippen LogP contribution in [-0.4, -0.2) is 21.0 Å². The molecule has 0 spiro atoms. The van der Waals surface area contributed by atoms with E-state index < -0.39 is 5.97 Å². The van der Waals surface area contributed by atoms with E-state index in [0.717, 1.165) is 51.9 Å². The molecule has 0 aliphatic carbocycles. The number of carbonyl (C=O) groups is 1. The minimum atomic E-state index is -0.839. The third-order valence-corrected chi connectivity index (χ3v) is 5.80. The van der Waals surface area contributed by atoms with Gasteiger partial charge in [-0.15, -0.1) is 17.9 Å². The third-order valence-electron chi connectivity index (χ3n) is 4.58. The lowest BCUT2D eigenvalue weighted by Gasteiger charge is -2.15. The second-order valence-electron chi connectivity index (χ2n) is 6.68. The fourth-order valence-electron chi connectivity index (χ4n) is 3.10. The van der Waals surface area contributed by atoms with E-state index in [0.29, 0.717) is 6.42 Å². The zero-order valence-electron chi connectivity index (χ0n) is 16.7. The zero-order valence-corrected chi connectivity index (χ0v) is 17.6. The zero-order chi connectivity index (χ0) is 20.8. The van der Waals surface area contributed by atoms with E-state index in [2.05, 4.69) is 37.9 Å². The lowest BCUT2D eigenvalue weighted by molar-refractivity contribution is -0.136. The molecule has 0 aliphatic rings. The molecule has 29 heavy (non-hydrogen) atoms. The molecular formula is C23H25N3O2S. The van der Waals surface area contributed by atoms with Gasteiger partial charge in [0.25, 0.3) is 0 Å². The van der Waals surface area contributed by atoms with Crippen LogP contribution in [0.3, 0.4) is 0 Å². The van der Waals surface area contributed by atoms with Crippen molar-refractivity contribution in [3.63, 3.8) is 0 Å². The summed E-state index contributed by atoms with van der Waals surface area (Å²) in [6, 6.07) is 11.6. The second-order valence-corrected chi connectivity index (χ2v) is 7.85. The van der Waals surface area contributed by atoms with Gasteiger partial charge in [0, 0.05) is 21.8 Å². The van der Waals surface area contributed by atoms with Crippen molar-refractivity contribution in [1.82, 2.24) is 9.97 Å². The summed E-state index contributed by atoms with van der Waals surface area (Å²) in [4.78, 5) is 22.9. The van der Waals surface area contributed by atoms with Crippen molar-refractivity contribution >= 4 is 28.8 Å². The molecule has 3 rings (SSSR count). The number of rotatable bonds is 9. The van der Waals surface area contributed by atoms with Gasteiger partial charge in [-0.1, -0.05) is 32.1 Å². The molecule has 2 heterocycles. The monoisotopic (exact) mass is 407 g/mol. The molecular weight excluding hydrogens is 382 g/mol. The van der Waals surface area contributed by atoms with E-state index in [-0.39, 0.29) is 6.42 Å². The Hall–Kier alpha value is -2.99. The molecule has 0 aliphatic heterocycles. The van der Waals surface area contributed by atoms with Gasteiger partial charge >= 0.3 is 5.97 Å². The molecule has 2 aromatic heterocycles. The summed E-state index contributed by atoms with van der Waals surface area (Å²) in [5, 5.41) is 12.3. The van der Waals surface area contributed by atoms with Gasteiger partial charge in [-0.3, -0.25) is 4.79 Å². The predicted octanol–water partition coefficient (Wildman–Crippen LogP) is 5.43. The van der Waals surface area contributed by atoms with Gasteiger partial charge in [-0.25, -0.2) is 9.97 Å². The van der Waals surface area contributed by atoms with Crippen molar-refractivity contribution < 1.29 is 9.90 Å². The molecule has 0 amide bonds. The largest absolute Gasteiger partial charge is 0.481 e. The van der Waals surface area contributed by atoms with Crippen LogP contribution in [0.1, 0.15) is 35.5 Å². The Morgan fingerprint density at radius 1 is 1.14 bits per heavy atom. The van der Waals surface area contributed by atoms with Crippen molar-refractivity contribution in [2.45, 2.75) is 39.5 Å². The Labute approximate surface area is 175 Å². The smallest absolute Gasteiger partial charge is 0.307 e. The highest BCUT2D eigenvalue weighted by Gasteiger charge is 2.15. The molecule has 2 N–H and O–H groups in total. The fraction of sp³-hybridized carbons (Fsp3) is 0.261. The highest BCUT2D eigenvalue weighted by atomic mass is 32.1. The number of carboxylic acid groups (broad SMARTS) is 1. The van der Waals surface area contributed by atoms with Crippen LogP contribution < -0.4 is 5.32 Å². The SMILES string of the molecule is C=CCc1c(CC)nc(-c2ccc(CC)s2)nc1Nc1ccc(CC(=O)O)cc1. The van der Waals surface area contributed by atoms with E-state index >= 15 is 0 Å². The molecule has 0 fully saturated rings. The lowest BCUT2D eigenvalue weighted by Crippen LogP contribution is -2.07. The summed E-state index contributed by atoms with van der Waals surface area (Å²) in [6.45, 7) is 8.11. The van der Waals surface area contributed by atoms with Gasteiger partial charge in [-0.2, -0.15) is 0 Å². The Kier molecular flexibility index (Phi) is 6.77. The number of aryl methyl sites for hydroxylation is 2. The molecule has 0 saturated heterocycles. The van der Waals surface area contributed by atoms with Gasteiger partial charge in [0.1, 0.15) is 5.82 Å². The number of nitrogens with zero attached hydrogens (tertiary/aromatic N) is 2. The molecule has 0 radical (unpaired) electrons. The number of hydrogen-bond acceptors (Lipinski definition) is 5. The van der Waals surface area contributed by atoms with Gasteiger partial charge in [0.15, 0.2) is 5.82 Å². The fourth-order valence-corrected chi connectivity index (χ4v) is 3.98. The number of allylic oxidation sites excluding steroid dienone is 1. The summed E-state index contributed by atoms with van der Waals surface area (Å²) in [7, 11) is 0. The van der Waals surface area contributed by atoms with E-state index in [9.17, 15) is 4.79 Å². The van der Waals surface area contributed by atoms with Gasteiger partial charge < -0.3 is 10.4 Å². The van der Waals surface area contributed by atoms with Crippen LogP contribution >= 0.6 is 11.3 Å². The van der Waals surface area contributed by atoms with Crippen LogP contribution in [0.4, 0.5) is 11.5 Å². The lowest BCUT2D eigenvalue weighted by atomic mass is 10.1. The molecule has 0 bridgehead atoms. The molecule has 0 unspecified atom stereocenters. The van der Waals surface area contributed by atoms with Crippen molar-refractivity contribution in [1.29, 1.82) is 0 Å². The standard InChI is InChI=1S/C23H25N3O2S/c1-4-7-18-19(6-3)25-23(20-13-12-17(5-2)29-20)26-22(18)24-16-10-8-15(9-11-16)14-21(27)28/h4,8-13H,1,5-7,14H2,2-3H3,(H,27,28)(H,24,25,26). The van der Waals surface area contributed by atoms with Crippen molar-refractivity contribution in [2.24, 2.45) is 0 Å². The summed E-state index contributed by atoms with van der Waals surface area (Å²) in [6.07, 6.45) is 4.34. The number of aliphatic carboxylic acids is 1. The number of anilines is 2. The highest BCUT2D eigenvalue weighted by molar-refractivity contribution is 7.15. The molecule has 5 nitrogen and oxygen atoms in total. The van der Waals surface area contributed by atoms with Gasteiger partial charge in [0.05, 0.1) is 11.3 Å². The Morgan fingerprint density at radius 2 is 1.90 bits per heavy atom. The Bertz CT molecular complexity index is 1010. The van der Waals surface area contributed by atoms with Crippen molar-refractivity contribution in [3.05, 3.63) is 70.8 Å². The Balaban J connectivity index is 1.99. The topological polar surface area (TPSA) is 75.1 Å². The first-order chi connectivity index (χ1) is 14.0. The van der Waals surface area contributed by atoms with Crippen LogP contribution in [0.5, 0.6) is 0 Å². The number of hydrogen-bond donors (Lipinski definition) is 2. The maximum atomic E-state index is 10.9. The summed E-state index contributed by atoms with van der Waals surface area (Å²) in [5.74, 6) is 0.656. The quantitative estimate of drug-likeness (QED) is 0.463. The predicted molar refractivity (Wildman–Crippen MR) is 119 cm³/mol. The summed E-state index contributed by atoms with van der Waals surface area (Å²) in [5.41, 5.74) is 3.66. The van der Waals surface area contributed by atoms with Crippen molar-refractivity contribution in [2.75, 3.05) is 5.32 Å². The van der Waals surface area contributed by atoms with E-state index in [4.69, 9.17) is 15.1 Å². The average molecular weight is 408 g/mol. The van der Waals surface area contributed by atoms with E-state index in [1.165, 1.54) is 4.88 Å². The number of nitrogens with one attached hydrogen (secondary N) is 1. The first kappa shape index (κ1) is 20.7. The van der Waals surface area contributed by atoms with Crippen molar-refractivity contribution in [3.8, 4) is 10.7 Å². The van der Waals surface area contributed by atoms with Crippen LogP contribution in [-0.2, 0) is 30.5 Å². The minimum Gasteiger partial charge on any atom is -0.481 e. The second kappa shape index (κ2) is 9.47. The first-order valence-corrected chi connectivity index (χ1v) is 10.5. The Morgan fingerprint density at radius 3 is 2.48 bits per heavy atom. The van der Waals surface area contributed by atoms with E-state index in [1.54, 1.807) is 11.3 Å². The summed E-state index contributed by atoms with van der Waals surface area (Å²) >= 11 is 1.72. The molecule has 3 aromatic rings. The molecule has 0 saturated carbocycles. The minimum absolute atomic E-state index is 0.0117. The molecule has 150 valence electrons. The number of thiophene rings is 1. The molecule has 6 heteroatoms. The molecule has 1 aromatic carbocycles. The maximum Gasteiger partial charge on any atom is 0.307 e.